The summed E-state index contributed by atoms with van der Waals surface area (Å²) >= 11 is 11.7. The molecule has 2 rings (SSSR count). The fourth-order valence-corrected chi connectivity index (χ4v) is 2.64. The van der Waals surface area contributed by atoms with Crippen molar-refractivity contribution < 1.29 is 9.21 Å². The molecule has 1 heterocycles. The number of nitrogens with one attached hydrogen (secondary N) is 1. The van der Waals surface area contributed by atoms with E-state index in [1.165, 1.54) is 6.26 Å². The van der Waals surface area contributed by atoms with Gasteiger partial charge >= 0.3 is 0 Å². The van der Waals surface area contributed by atoms with Crippen LogP contribution in [0.1, 0.15) is 36.0 Å². The van der Waals surface area contributed by atoms with E-state index in [4.69, 9.17) is 27.6 Å². The van der Waals surface area contributed by atoms with Gasteiger partial charge < -0.3 is 9.73 Å². The van der Waals surface area contributed by atoms with Gasteiger partial charge in [-0.2, -0.15) is 0 Å². The molecule has 88 valence electrons. The van der Waals surface area contributed by atoms with Crippen molar-refractivity contribution in [3.8, 4) is 0 Å². The minimum atomic E-state index is -0.265. The van der Waals surface area contributed by atoms with Gasteiger partial charge in [-0.1, -0.05) is 12.8 Å². The highest BCUT2D eigenvalue weighted by atomic mass is 35.5. The summed E-state index contributed by atoms with van der Waals surface area (Å²) in [5, 5.41) is 3.10. The first kappa shape index (κ1) is 11.8. The first-order valence-electron chi connectivity index (χ1n) is 5.28. The summed E-state index contributed by atoms with van der Waals surface area (Å²) in [6.45, 7) is 0. The summed E-state index contributed by atoms with van der Waals surface area (Å²) in [5.74, 6) is 0.232. The second-order valence-electron chi connectivity index (χ2n) is 4.18. The van der Waals surface area contributed by atoms with Gasteiger partial charge in [-0.25, -0.2) is 0 Å². The highest BCUT2D eigenvalue weighted by Crippen LogP contribution is 2.31. The molecule has 1 saturated carbocycles. The van der Waals surface area contributed by atoms with Crippen molar-refractivity contribution in [3.63, 3.8) is 0 Å². The molecular weight excluding hydrogens is 249 g/mol. The van der Waals surface area contributed by atoms with Crippen LogP contribution >= 0.6 is 23.2 Å². The van der Waals surface area contributed by atoms with Crippen LogP contribution in [0.15, 0.2) is 16.7 Å². The summed E-state index contributed by atoms with van der Waals surface area (Å²) in [7, 11) is 0. The summed E-state index contributed by atoms with van der Waals surface area (Å²) in [6.07, 6.45) is 5.47. The fraction of sp³-hybridized carbons (Fsp3) is 0.545. The lowest BCUT2D eigenvalue weighted by Crippen LogP contribution is -2.47. The minimum Gasteiger partial charge on any atom is -0.452 e. The molecule has 1 aromatic heterocycles. The molecule has 5 heteroatoms. The molecular formula is C11H13Cl2NO2. The Kier molecular flexibility index (Phi) is 3.45. The average Bonchev–Trinajstić information content (AvgIpc) is 2.87. The summed E-state index contributed by atoms with van der Waals surface area (Å²) in [6, 6.07) is 1.56. The number of alkyl halides is 1. The maximum Gasteiger partial charge on any atom is 0.256 e. The van der Waals surface area contributed by atoms with Crippen molar-refractivity contribution >= 4 is 29.1 Å². The van der Waals surface area contributed by atoms with E-state index in [1.54, 1.807) is 6.07 Å². The van der Waals surface area contributed by atoms with E-state index in [-0.39, 0.29) is 16.7 Å². The van der Waals surface area contributed by atoms with Crippen LogP contribution in [0.2, 0.25) is 5.22 Å². The topological polar surface area (TPSA) is 42.2 Å². The fourth-order valence-electron chi connectivity index (χ4n) is 2.11. The highest BCUT2D eigenvalue weighted by molar-refractivity contribution is 6.32. The van der Waals surface area contributed by atoms with Gasteiger partial charge in [-0.3, -0.25) is 4.79 Å². The number of amides is 1. The normalized spacial score (nSPS) is 18.6. The van der Waals surface area contributed by atoms with Crippen LogP contribution in [0.3, 0.4) is 0 Å². The molecule has 16 heavy (non-hydrogen) atoms. The maximum absolute atomic E-state index is 11.9. The summed E-state index contributed by atoms with van der Waals surface area (Å²) in [5.41, 5.74) is 0.109. The third-order valence-corrected chi connectivity index (χ3v) is 3.86. The second kappa shape index (κ2) is 4.68. The van der Waals surface area contributed by atoms with E-state index in [9.17, 15) is 4.79 Å². The third kappa shape index (κ3) is 2.20. The van der Waals surface area contributed by atoms with E-state index in [0.29, 0.717) is 11.4 Å². The number of hydrogen-bond acceptors (Lipinski definition) is 2. The Bertz CT molecular complexity index is 383. The number of carbonyl (C=O) groups is 1. The van der Waals surface area contributed by atoms with Crippen molar-refractivity contribution in [1.29, 1.82) is 0 Å². The third-order valence-electron chi connectivity index (χ3n) is 3.06. The van der Waals surface area contributed by atoms with E-state index in [2.05, 4.69) is 5.32 Å². The van der Waals surface area contributed by atoms with Crippen LogP contribution in [-0.2, 0) is 0 Å². The lowest BCUT2D eigenvalue weighted by Gasteiger charge is -2.27. The van der Waals surface area contributed by atoms with Gasteiger partial charge in [0.1, 0.15) is 0 Å². The number of hydrogen-bond donors (Lipinski definition) is 1. The molecule has 0 aliphatic heterocycles. The lowest BCUT2D eigenvalue weighted by atomic mass is 10.00. The molecule has 1 N–H and O–H groups in total. The highest BCUT2D eigenvalue weighted by Gasteiger charge is 2.35. The molecule has 1 aliphatic rings. The Morgan fingerprint density at radius 3 is 2.69 bits per heavy atom. The van der Waals surface area contributed by atoms with Gasteiger partial charge in [0.15, 0.2) is 0 Å². The van der Waals surface area contributed by atoms with E-state index >= 15 is 0 Å². The van der Waals surface area contributed by atoms with Crippen LogP contribution in [-0.4, -0.2) is 17.3 Å². The van der Waals surface area contributed by atoms with Crippen LogP contribution < -0.4 is 5.32 Å². The van der Waals surface area contributed by atoms with Gasteiger partial charge in [0.25, 0.3) is 5.91 Å². The smallest absolute Gasteiger partial charge is 0.256 e. The van der Waals surface area contributed by atoms with Crippen molar-refractivity contribution in [3.05, 3.63) is 23.1 Å². The largest absolute Gasteiger partial charge is 0.452 e. The van der Waals surface area contributed by atoms with Crippen LogP contribution in [0.5, 0.6) is 0 Å². The number of halogens is 2. The SMILES string of the molecule is O=C(NC1(CCl)CCCC1)c1ccoc1Cl. The maximum atomic E-state index is 11.9. The minimum absolute atomic E-state index is 0.125. The zero-order valence-corrected chi connectivity index (χ0v) is 10.3. The van der Waals surface area contributed by atoms with Gasteiger partial charge in [0.2, 0.25) is 5.22 Å². The zero-order chi connectivity index (χ0) is 11.6. The Hall–Kier alpha value is -0.670. The molecule has 3 nitrogen and oxygen atoms in total. The first-order valence-corrected chi connectivity index (χ1v) is 6.20. The molecule has 1 aromatic rings. The number of rotatable bonds is 3. The molecule has 0 aromatic carbocycles. The van der Waals surface area contributed by atoms with Crippen molar-refractivity contribution in [2.24, 2.45) is 0 Å². The molecule has 1 fully saturated rings. The van der Waals surface area contributed by atoms with Crippen molar-refractivity contribution in [1.82, 2.24) is 5.32 Å². The van der Waals surface area contributed by atoms with Crippen molar-refractivity contribution in [2.45, 2.75) is 31.2 Å². The molecule has 1 aliphatic carbocycles. The van der Waals surface area contributed by atoms with E-state index in [0.717, 1.165) is 25.7 Å². The zero-order valence-electron chi connectivity index (χ0n) is 8.76. The molecule has 0 atom stereocenters. The Labute approximate surface area is 104 Å². The predicted octanol–water partition coefficient (Wildman–Crippen LogP) is 3.21. The lowest BCUT2D eigenvalue weighted by molar-refractivity contribution is 0.0909. The number of carbonyl (C=O) groups excluding carboxylic acids is 1. The monoisotopic (exact) mass is 261 g/mol. The summed E-state index contributed by atoms with van der Waals surface area (Å²) < 4.78 is 4.89. The molecule has 0 unspecified atom stereocenters. The molecule has 0 saturated heterocycles. The van der Waals surface area contributed by atoms with Crippen LogP contribution in [0.4, 0.5) is 0 Å². The van der Waals surface area contributed by atoms with Crippen molar-refractivity contribution in [2.75, 3.05) is 5.88 Å². The van der Waals surface area contributed by atoms with Gasteiger partial charge in [-0.15, -0.1) is 11.6 Å². The summed E-state index contributed by atoms with van der Waals surface area (Å²) in [4.78, 5) is 11.9. The second-order valence-corrected chi connectivity index (χ2v) is 4.79. The Morgan fingerprint density at radius 2 is 2.19 bits per heavy atom. The quantitative estimate of drug-likeness (QED) is 0.850. The number of furan rings is 1. The standard InChI is InChI=1S/C11H13Cl2NO2/c12-7-11(4-1-2-5-11)14-10(15)8-3-6-16-9(8)13/h3,6H,1-2,4-5,7H2,(H,14,15). The molecule has 0 bridgehead atoms. The Morgan fingerprint density at radius 1 is 1.50 bits per heavy atom. The van der Waals surface area contributed by atoms with Crippen LogP contribution in [0, 0.1) is 0 Å². The molecule has 0 spiro atoms. The molecule has 0 radical (unpaired) electrons. The first-order chi connectivity index (χ1) is 7.67. The van der Waals surface area contributed by atoms with Gasteiger partial charge in [0.05, 0.1) is 17.4 Å². The predicted molar refractivity (Wildman–Crippen MR) is 63.1 cm³/mol. The molecule has 1 amide bonds. The van der Waals surface area contributed by atoms with Gasteiger partial charge in [0, 0.05) is 5.88 Å². The Balaban J connectivity index is 2.09. The van der Waals surface area contributed by atoms with Gasteiger partial charge in [-0.05, 0) is 30.5 Å². The van der Waals surface area contributed by atoms with Crippen LogP contribution in [0.25, 0.3) is 0 Å². The van der Waals surface area contributed by atoms with E-state index < -0.39 is 0 Å². The van der Waals surface area contributed by atoms with E-state index in [1.807, 2.05) is 0 Å². The average molecular weight is 262 g/mol.